The van der Waals surface area contributed by atoms with E-state index in [9.17, 15) is 0 Å². The van der Waals surface area contributed by atoms with Crippen LogP contribution in [-0.2, 0) is 18.9 Å². The molecule has 1 rings (SSSR count). The molecular weight excluding hydrogens is 383 g/mol. The summed E-state index contributed by atoms with van der Waals surface area (Å²) in [7, 11) is 0. The number of alkyl halides is 2. The van der Waals surface area contributed by atoms with Crippen molar-refractivity contribution in [3.05, 3.63) is 35.4 Å². The van der Waals surface area contributed by atoms with Crippen molar-refractivity contribution in [2.24, 2.45) is 0 Å². The van der Waals surface area contributed by atoms with Crippen LogP contribution in [0.3, 0.4) is 0 Å². The Morgan fingerprint density at radius 3 is 1.42 bits per heavy atom. The largest absolute Gasteiger partial charge is 0.394 e. The molecule has 0 fully saturated rings. The van der Waals surface area contributed by atoms with Crippen molar-refractivity contribution in [2.75, 3.05) is 66.1 Å². The summed E-state index contributed by atoms with van der Waals surface area (Å²) in [5, 5.41) is 16.6. The van der Waals surface area contributed by atoms with Gasteiger partial charge in [0.05, 0.1) is 76.8 Å². The lowest BCUT2D eigenvalue weighted by atomic mass is 10.0. The maximum atomic E-state index is 8.63. The van der Waals surface area contributed by atoms with Gasteiger partial charge in [-0.05, 0) is 11.1 Å². The maximum absolute atomic E-state index is 8.63. The Kier molecular flexibility index (Phi) is 14.2. The predicted molar refractivity (Wildman–Crippen MR) is 101 cm³/mol. The highest BCUT2D eigenvalue weighted by Crippen LogP contribution is 2.31. The van der Waals surface area contributed by atoms with E-state index in [1.54, 1.807) is 0 Å². The van der Waals surface area contributed by atoms with Crippen LogP contribution in [0.25, 0.3) is 0 Å². The fourth-order valence-corrected chi connectivity index (χ4v) is 2.78. The van der Waals surface area contributed by atoms with Crippen molar-refractivity contribution in [1.29, 1.82) is 0 Å². The van der Waals surface area contributed by atoms with Gasteiger partial charge in [0.25, 0.3) is 0 Å². The quantitative estimate of drug-likeness (QED) is 0.321. The minimum absolute atomic E-state index is 0.00174. The molecule has 8 heteroatoms. The monoisotopic (exact) mass is 410 g/mol. The number of benzene rings is 1. The number of rotatable bonds is 16. The van der Waals surface area contributed by atoms with Gasteiger partial charge in [-0.2, -0.15) is 0 Å². The Morgan fingerprint density at radius 2 is 1.04 bits per heavy atom. The molecule has 0 amide bonds. The Bertz CT molecular complexity index is 422. The summed E-state index contributed by atoms with van der Waals surface area (Å²) in [6.07, 6.45) is 0. The average molecular weight is 411 g/mol. The van der Waals surface area contributed by atoms with Crippen molar-refractivity contribution < 1.29 is 29.2 Å². The van der Waals surface area contributed by atoms with Crippen LogP contribution in [0.2, 0.25) is 0 Å². The molecule has 6 nitrogen and oxygen atoms in total. The van der Waals surface area contributed by atoms with Gasteiger partial charge in [0, 0.05) is 0 Å². The van der Waals surface area contributed by atoms with E-state index in [0.29, 0.717) is 52.9 Å². The molecule has 0 aliphatic carbocycles. The van der Waals surface area contributed by atoms with Crippen LogP contribution in [0.5, 0.6) is 0 Å². The number of hydrogen-bond donors (Lipinski definition) is 2. The second-order valence-corrected chi connectivity index (χ2v) is 6.44. The van der Waals surface area contributed by atoms with Gasteiger partial charge in [0.2, 0.25) is 0 Å². The molecule has 150 valence electrons. The zero-order valence-electron chi connectivity index (χ0n) is 14.8. The van der Waals surface area contributed by atoms with E-state index < -0.39 is 0 Å². The van der Waals surface area contributed by atoms with Gasteiger partial charge in [-0.15, -0.1) is 23.2 Å². The molecule has 0 aliphatic heterocycles. The van der Waals surface area contributed by atoms with Crippen LogP contribution in [0, 0.1) is 0 Å². The summed E-state index contributed by atoms with van der Waals surface area (Å²) >= 11 is 12.9. The average Bonchev–Trinajstić information content (AvgIpc) is 2.67. The summed E-state index contributed by atoms with van der Waals surface area (Å²) in [5.41, 5.74) is 1.82. The van der Waals surface area contributed by atoms with Crippen LogP contribution in [-0.4, -0.2) is 76.3 Å². The van der Waals surface area contributed by atoms with Gasteiger partial charge in [0.1, 0.15) is 0 Å². The third-order valence-electron chi connectivity index (χ3n) is 3.41. The molecule has 0 aliphatic rings. The molecule has 2 N–H and O–H groups in total. The summed E-state index contributed by atoms with van der Waals surface area (Å²) in [6, 6.07) is 7.67. The molecule has 26 heavy (non-hydrogen) atoms. The van der Waals surface area contributed by atoms with Gasteiger partial charge in [-0.1, -0.05) is 24.3 Å². The molecule has 0 saturated heterocycles. The first-order valence-electron chi connectivity index (χ1n) is 8.60. The number of hydrogen-bond acceptors (Lipinski definition) is 6. The zero-order valence-corrected chi connectivity index (χ0v) is 16.3. The molecule has 0 bridgehead atoms. The van der Waals surface area contributed by atoms with Crippen LogP contribution in [0.4, 0.5) is 0 Å². The van der Waals surface area contributed by atoms with E-state index in [-0.39, 0.29) is 24.0 Å². The standard InChI is InChI=1S/C18H28Cl2O6/c19-17(13-25-11-9-23-7-5-21)15-3-1-2-4-16(15)18(20)14-26-12-10-24-8-6-22/h1-4,17-18,21-22H,5-14H2. The fraction of sp³-hybridized carbons (Fsp3) is 0.667. The molecule has 0 aromatic heterocycles. The second-order valence-electron chi connectivity index (χ2n) is 5.39. The van der Waals surface area contributed by atoms with Crippen molar-refractivity contribution in [1.82, 2.24) is 0 Å². The minimum Gasteiger partial charge on any atom is -0.394 e. The third-order valence-corrected chi connectivity index (χ3v) is 4.14. The third kappa shape index (κ3) is 10.0. The van der Waals surface area contributed by atoms with E-state index in [0.717, 1.165) is 11.1 Å². The maximum Gasteiger partial charge on any atom is 0.0822 e. The molecular formula is C18H28Cl2O6. The Balaban J connectivity index is 2.39. The fourth-order valence-electron chi connectivity index (χ4n) is 2.20. The van der Waals surface area contributed by atoms with Crippen molar-refractivity contribution in [3.63, 3.8) is 0 Å². The lowest BCUT2D eigenvalue weighted by Crippen LogP contribution is -2.13. The van der Waals surface area contributed by atoms with E-state index in [1.165, 1.54) is 0 Å². The van der Waals surface area contributed by atoms with Crippen molar-refractivity contribution >= 4 is 23.2 Å². The number of halogens is 2. The van der Waals surface area contributed by atoms with Gasteiger partial charge in [0.15, 0.2) is 0 Å². The van der Waals surface area contributed by atoms with Crippen molar-refractivity contribution in [2.45, 2.75) is 10.8 Å². The van der Waals surface area contributed by atoms with Crippen molar-refractivity contribution in [3.8, 4) is 0 Å². The summed E-state index contributed by atoms with van der Waals surface area (Å²) < 4.78 is 21.3. The number of ether oxygens (including phenoxy) is 4. The van der Waals surface area contributed by atoms with Gasteiger partial charge < -0.3 is 29.2 Å². The van der Waals surface area contributed by atoms with Crippen LogP contribution >= 0.6 is 23.2 Å². The SMILES string of the molecule is OCCOCCOCC(Cl)c1ccccc1C(Cl)COCCOCCO. The molecule has 2 unspecified atom stereocenters. The highest BCUT2D eigenvalue weighted by atomic mass is 35.5. The lowest BCUT2D eigenvalue weighted by molar-refractivity contribution is 0.0321. The van der Waals surface area contributed by atoms with Gasteiger partial charge >= 0.3 is 0 Å². The summed E-state index contributed by atoms with van der Waals surface area (Å²) in [5.74, 6) is 0. The van der Waals surface area contributed by atoms with E-state index >= 15 is 0 Å². The molecule has 1 aromatic carbocycles. The Morgan fingerprint density at radius 1 is 0.654 bits per heavy atom. The first-order chi connectivity index (χ1) is 12.7. The molecule has 0 heterocycles. The lowest BCUT2D eigenvalue weighted by Gasteiger charge is -2.18. The molecule has 0 radical (unpaired) electrons. The smallest absolute Gasteiger partial charge is 0.0822 e. The van der Waals surface area contributed by atoms with Crippen LogP contribution in [0.1, 0.15) is 21.9 Å². The first-order valence-corrected chi connectivity index (χ1v) is 9.47. The minimum atomic E-state index is -0.335. The molecule has 2 atom stereocenters. The summed E-state index contributed by atoms with van der Waals surface area (Å²) in [4.78, 5) is 0. The molecule has 0 saturated carbocycles. The molecule has 0 spiro atoms. The molecule has 1 aromatic rings. The van der Waals surface area contributed by atoms with Gasteiger partial charge in [-0.25, -0.2) is 0 Å². The van der Waals surface area contributed by atoms with E-state index in [2.05, 4.69) is 0 Å². The highest BCUT2D eigenvalue weighted by Gasteiger charge is 2.18. The summed E-state index contributed by atoms with van der Waals surface area (Å²) in [6.45, 7) is 2.91. The number of aliphatic hydroxyl groups is 2. The number of aliphatic hydroxyl groups excluding tert-OH is 2. The normalized spacial score (nSPS) is 13.7. The van der Waals surface area contributed by atoms with Crippen LogP contribution < -0.4 is 0 Å². The topological polar surface area (TPSA) is 77.4 Å². The Labute approximate surface area is 164 Å². The van der Waals surface area contributed by atoms with Crippen LogP contribution in [0.15, 0.2) is 24.3 Å². The Hall–Kier alpha value is -0.440. The first kappa shape index (κ1) is 23.6. The highest BCUT2D eigenvalue weighted by molar-refractivity contribution is 6.22. The van der Waals surface area contributed by atoms with E-state index in [1.807, 2.05) is 24.3 Å². The van der Waals surface area contributed by atoms with E-state index in [4.69, 9.17) is 52.4 Å². The van der Waals surface area contributed by atoms with Gasteiger partial charge in [-0.3, -0.25) is 0 Å². The predicted octanol–water partition coefficient (Wildman–Crippen LogP) is 2.30. The second kappa shape index (κ2) is 15.6. The zero-order chi connectivity index (χ0) is 19.0.